The normalized spacial score (nSPS) is 17.4. The van der Waals surface area contributed by atoms with Crippen molar-refractivity contribution < 1.29 is 19.4 Å². The molecule has 2 N–H and O–H groups in total. The van der Waals surface area contributed by atoms with Gasteiger partial charge in [-0.15, -0.1) is 0 Å². The molecule has 116 valence electrons. The topological polar surface area (TPSA) is 96.7 Å². The van der Waals surface area contributed by atoms with Gasteiger partial charge in [0.1, 0.15) is 0 Å². The number of aromatic nitrogens is 2. The molecule has 2 rings (SSSR count). The Kier molecular flexibility index (Phi) is 4.92. The van der Waals surface area contributed by atoms with Crippen LogP contribution in [0.25, 0.3) is 0 Å². The van der Waals surface area contributed by atoms with Gasteiger partial charge in [0.25, 0.3) is 5.91 Å². The van der Waals surface area contributed by atoms with Gasteiger partial charge in [-0.1, -0.05) is 0 Å². The number of carboxylic acid groups (broad SMARTS) is 1. The van der Waals surface area contributed by atoms with E-state index < -0.39 is 11.9 Å². The third-order valence-corrected chi connectivity index (χ3v) is 3.29. The van der Waals surface area contributed by atoms with Gasteiger partial charge < -0.3 is 15.2 Å². The molecule has 0 aliphatic carbocycles. The first-order valence-corrected chi connectivity index (χ1v) is 6.85. The summed E-state index contributed by atoms with van der Waals surface area (Å²) in [6.07, 6.45) is 1.42. The molecule has 0 saturated carbocycles. The number of aryl methyl sites for hydroxylation is 1. The average molecular weight is 296 g/mol. The molecule has 1 aromatic heterocycles. The monoisotopic (exact) mass is 296 g/mol. The van der Waals surface area contributed by atoms with E-state index in [1.54, 1.807) is 7.05 Å². The van der Waals surface area contributed by atoms with E-state index in [4.69, 9.17) is 9.84 Å². The van der Waals surface area contributed by atoms with E-state index in [-0.39, 0.29) is 17.3 Å². The SMILES string of the molecule is CC(CN1CCOCC1)NC(=O)c1cn(C)nc1C(=O)O. The van der Waals surface area contributed by atoms with Crippen LogP contribution in [0.15, 0.2) is 6.20 Å². The third kappa shape index (κ3) is 4.02. The fourth-order valence-electron chi connectivity index (χ4n) is 2.33. The summed E-state index contributed by atoms with van der Waals surface area (Å²) in [6.45, 7) is 5.68. The zero-order valence-corrected chi connectivity index (χ0v) is 12.2. The van der Waals surface area contributed by atoms with E-state index in [0.29, 0.717) is 19.8 Å². The molecule has 1 amide bonds. The number of rotatable bonds is 5. The van der Waals surface area contributed by atoms with Gasteiger partial charge in [-0.25, -0.2) is 4.79 Å². The molecule has 1 atom stereocenters. The molecule has 1 fully saturated rings. The zero-order chi connectivity index (χ0) is 15.4. The van der Waals surface area contributed by atoms with Crippen LogP contribution >= 0.6 is 0 Å². The van der Waals surface area contributed by atoms with Crippen LogP contribution in [-0.2, 0) is 11.8 Å². The maximum absolute atomic E-state index is 12.2. The summed E-state index contributed by atoms with van der Waals surface area (Å²) >= 11 is 0. The summed E-state index contributed by atoms with van der Waals surface area (Å²) in [5, 5.41) is 15.6. The number of amides is 1. The van der Waals surface area contributed by atoms with Gasteiger partial charge in [0.2, 0.25) is 0 Å². The first-order chi connectivity index (χ1) is 9.97. The number of aromatic carboxylic acids is 1. The van der Waals surface area contributed by atoms with Crippen molar-refractivity contribution in [3.05, 3.63) is 17.5 Å². The summed E-state index contributed by atoms with van der Waals surface area (Å²) in [5.41, 5.74) is -0.146. The molecule has 0 spiro atoms. The van der Waals surface area contributed by atoms with Crippen molar-refractivity contribution in [1.29, 1.82) is 0 Å². The predicted octanol–water partition coefficient (Wildman–Crippen LogP) is -0.431. The van der Waals surface area contributed by atoms with Gasteiger partial charge in [0, 0.05) is 38.9 Å². The van der Waals surface area contributed by atoms with Crippen LogP contribution in [0.4, 0.5) is 0 Å². The third-order valence-electron chi connectivity index (χ3n) is 3.29. The van der Waals surface area contributed by atoms with E-state index in [1.165, 1.54) is 10.9 Å². The van der Waals surface area contributed by atoms with Crippen LogP contribution in [0.2, 0.25) is 0 Å². The van der Waals surface area contributed by atoms with Crippen molar-refractivity contribution in [3.8, 4) is 0 Å². The van der Waals surface area contributed by atoms with Crippen molar-refractivity contribution in [2.24, 2.45) is 7.05 Å². The van der Waals surface area contributed by atoms with E-state index in [0.717, 1.165) is 13.1 Å². The first-order valence-electron chi connectivity index (χ1n) is 6.85. The molecule has 2 heterocycles. The minimum atomic E-state index is -1.21. The summed E-state index contributed by atoms with van der Waals surface area (Å²) in [4.78, 5) is 25.4. The number of carboxylic acids is 1. The van der Waals surface area contributed by atoms with E-state index >= 15 is 0 Å². The number of nitrogens with zero attached hydrogens (tertiary/aromatic N) is 3. The van der Waals surface area contributed by atoms with Gasteiger partial charge in [0.05, 0.1) is 18.8 Å². The zero-order valence-electron chi connectivity index (χ0n) is 12.2. The lowest BCUT2D eigenvalue weighted by Gasteiger charge is -2.29. The minimum Gasteiger partial charge on any atom is -0.476 e. The number of carbonyl (C=O) groups excluding carboxylic acids is 1. The van der Waals surface area contributed by atoms with Crippen LogP contribution in [0.3, 0.4) is 0 Å². The van der Waals surface area contributed by atoms with Crippen molar-refractivity contribution in [3.63, 3.8) is 0 Å². The Balaban J connectivity index is 1.95. The molecule has 0 bridgehead atoms. The first kappa shape index (κ1) is 15.5. The van der Waals surface area contributed by atoms with E-state index in [2.05, 4.69) is 15.3 Å². The smallest absolute Gasteiger partial charge is 0.357 e. The van der Waals surface area contributed by atoms with Crippen molar-refractivity contribution in [1.82, 2.24) is 20.0 Å². The number of nitrogens with one attached hydrogen (secondary N) is 1. The largest absolute Gasteiger partial charge is 0.476 e. The number of morpholine rings is 1. The number of ether oxygens (including phenoxy) is 1. The molecule has 8 nitrogen and oxygen atoms in total. The van der Waals surface area contributed by atoms with Gasteiger partial charge in [-0.3, -0.25) is 14.4 Å². The second kappa shape index (κ2) is 6.68. The average Bonchev–Trinajstić information content (AvgIpc) is 2.82. The summed E-state index contributed by atoms with van der Waals surface area (Å²) in [6, 6.07) is -0.0857. The van der Waals surface area contributed by atoms with Crippen LogP contribution < -0.4 is 5.32 Å². The fourth-order valence-corrected chi connectivity index (χ4v) is 2.33. The highest BCUT2D eigenvalue weighted by Crippen LogP contribution is 2.07. The van der Waals surface area contributed by atoms with Gasteiger partial charge in [0.15, 0.2) is 5.69 Å². The van der Waals surface area contributed by atoms with Crippen molar-refractivity contribution in [2.45, 2.75) is 13.0 Å². The van der Waals surface area contributed by atoms with Crippen LogP contribution in [-0.4, -0.2) is 70.6 Å². The van der Waals surface area contributed by atoms with Gasteiger partial charge >= 0.3 is 5.97 Å². The molecule has 1 aliphatic rings. The molecule has 0 radical (unpaired) electrons. The molecule has 0 aromatic carbocycles. The summed E-state index contributed by atoms with van der Waals surface area (Å²) < 4.78 is 6.60. The minimum absolute atomic E-state index is 0.0822. The summed E-state index contributed by atoms with van der Waals surface area (Å²) in [5.74, 6) is -1.62. The lowest BCUT2D eigenvalue weighted by molar-refractivity contribution is 0.0342. The second-order valence-electron chi connectivity index (χ2n) is 5.16. The van der Waals surface area contributed by atoms with E-state index in [1.807, 2.05) is 6.92 Å². The molecular formula is C13H20N4O4. The highest BCUT2D eigenvalue weighted by molar-refractivity contribution is 6.03. The molecular weight excluding hydrogens is 276 g/mol. The van der Waals surface area contributed by atoms with E-state index in [9.17, 15) is 9.59 Å². The molecule has 1 unspecified atom stereocenters. The highest BCUT2D eigenvalue weighted by Gasteiger charge is 2.22. The fraction of sp³-hybridized carbons (Fsp3) is 0.615. The number of hydrogen-bond donors (Lipinski definition) is 2. The van der Waals surface area contributed by atoms with Gasteiger partial charge in [-0.2, -0.15) is 5.10 Å². The standard InChI is InChI=1S/C13H20N4O4/c1-9(7-17-3-5-21-6-4-17)14-12(18)10-8-16(2)15-11(10)13(19)20/h8-9H,3-7H2,1-2H3,(H,14,18)(H,19,20). The Morgan fingerprint density at radius 1 is 1.48 bits per heavy atom. The Morgan fingerprint density at radius 3 is 2.76 bits per heavy atom. The second-order valence-corrected chi connectivity index (χ2v) is 5.16. The lowest BCUT2D eigenvalue weighted by atomic mass is 10.2. The lowest BCUT2D eigenvalue weighted by Crippen LogP contribution is -2.46. The predicted molar refractivity (Wildman–Crippen MR) is 74.4 cm³/mol. The Bertz CT molecular complexity index is 522. The van der Waals surface area contributed by atoms with Gasteiger partial charge in [-0.05, 0) is 6.92 Å². The number of hydrogen-bond acceptors (Lipinski definition) is 5. The van der Waals surface area contributed by atoms with Crippen LogP contribution in [0.1, 0.15) is 27.8 Å². The van der Waals surface area contributed by atoms with Crippen LogP contribution in [0, 0.1) is 0 Å². The molecule has 1 saturated heterocycles. The molecule has 1 aromatic rings. The Labute approximate surface area is 122 Å². The van der Waals surface area contributed by atoms with Crippen molar-refractivity contribution in [2.75, 3.05) is 32.8 Å². The number of carbonyl (C=O) groups is 2. The maximum Gasteiger partial charge on any atom is 0.357 e. The maximum atomic E-state index is 12.2. The Morgan fingerprint density at radius 2 is 2.14 bits per heavy atom. The Hall–Kier alpha value is -1.93. The molecule has 8 heteroatoms. The summed E-state index contributed by atoms with van der Waals surface area (Å²) in [7, 11) is 1.58. The quantitative estimate of drug-likeness (QED) is 0.765. The van der Waals surface area contributed by atoms with Crippen molar-refractivity contribution >= 4 is 11.9 Å². The van der Waals surface area contributed by atoms with Crippen LogP contribution in [0.5, 0.6) is 0 Å². The molecule has 21 heavy (non-hydrogen) atoms. The highest BCUT2D eigenvalue weighted by atomic mass is 16.5. The molecule has 1 aliphatic heterocycles.